The van der Waals surface area contributed by atoms with Crippen LogP contribution in [0.1, 0.15) is 26.3 Å². The molecule has 0 saturated carbocycles. The summed E-state index contributed by atoms with van der Waals surface area (Å²) in [4.78, 5) is 11.5. The van der Waals surface area contributed by atoms with Crippen LogP contribution >= 0.6 is 0 Å². The number of hydrogen-bond donors (Lipinski definition) is 1. The molecule has 1 rings (SSSR count). The SMILES string of the molecule is CC(C)C(=O)/C=C/c1cccc(O[C@@H](C)CN)c1. The highest BCUT2D eigenvalue weighted by Gasteiger charge is 2.03. The van der Waals surface area contributed by atoms with Crippen LogP contribution in [0.25, 0.3) is 6.08 Å². The van der Waals surface area contributed by atoms with Crippen LogP contribution in [0, 0.1) is 5.92 Å². The minimum atomic E-state index is -0.0125. The lowest BCUT2D eigenvalue weighted by Crippen LogP contribution is -2.22. The first-order valence-corrected chi connectivity index (χ1v) is 6.21. The van der Waals surface area contributed by atoms with Crippen molar-refractivity contribution in [1.82, 2.24) is 0 Å². The van der Waals surface area contributed by atoms with E-state index in [1.807, 2.05) is 51.1 Å². The minimum absolute atomic E-state index is 0.0125. The highest BCUT2D eigenvalue weighted by Crippen LogP contribution is 2.16. The second-order valence-electron chi connectivity index (χ2n) is 4.63. The van der Waals surface area contributed by atoms with Crippen molar-refractivity contribution in [2.45, 2.75) is 26.9 Å². The minimum Gasteiger partial charge on any atom is -0.489 e. The van der Waals surface area contributed by atoms with Gasteiger partial charge in [-0.15, -0.1) is 0 Å². The number of nitrogens with two attached hydrogens (primary N) is 1. The van der Waals surface area contributed by atoms with Gasteiger partial charge in [0.15, 0.2) is 5.78 Å². The first kappa shape index (κ1) is 14.5. The molecule has 1 atom stereocenters. The Balaban J connectivity index is 2.73. The largest absolute Gasteiger partial charge is 0.489 e. The zero-order valence-corrected chi connectivity index (χ0v) is 11.2. The molecule has 3 heteroatoms. The first-order chi connectivity index (χ1) is 8.52. The molecule has 0 aliphatic heterocycles. The first-order valence-electron chi connectivity index (χ1n) is 6.21. The lowest BCUT2D eigenvalue weighted by Gasteiger charge is -2.12. The summed E-state index contributed by atoms with van der Waals surface area (Å²) >= 11 is 0. The van der Waals surface area contributed by atoms with E-state index in [2.05, 4.69) is 0 Å². The van der Waals surface area contributed by atoms with E-state index < -0.39 is 0 Å². The predicted molar refractivity (Wildman–Crippen MR) is 74.5 cm³/mol. The van der Waals surface area contributed by atoms with Crippen molar-refractivity contribution in [3.8, 4) is 5.75 Å². The topological polar surface area (TPSA) is 52.3 Å². The summed E-state index contributed by atoms with van der Waals surface area (Å²) < 4.78 is 5.61. The maximum Gasteiger partial charge on any atom is 0.158 e. The Bertz CT molecular complexity index is 424. The predicted octanol–water partition coefficient (Wildman–Crippen LogP) is 2.65. The van der Waals surface area contributed by atoms with Gasteiger partial charge in [0.25, 0.3) is 0 Å². The van der Waals surface area contributed by atoms with Crippen LogP contribution in [0.2, 0.25) is 0 Å². The fourth-order valence-electron chi connectivity index (χ4n) is 1.34. The molecule has 0 heterocycles. The summed E-state index contributed by atoms with van der Waals surface area (Å²) in [7, 11) is 0. The summed E-state index contributed by atoms with van der Waals surface area (Å²) in [5, 5.41) is 0. The Hall–Kier alpha value is -1.61. The van der Waals surface area contributed by atoms with Crippen molar-refractivity contribution >= 4 is 11.9 Å². The van der Waals surface area contributed by atoms with Crippen LogP contribution < -0.4 is 10.5 Å². The van der Waals surface area contributed by atoms with Crippen molar-refractivity contribution < 1.29 is 9.53 Å². The molecule has 0 aliphatic rings. The lowest BCUT2D eigenvalue weighted by molar-refractivity contribution is -0.117. The zero-order valence-electron chi connectivity index (χ0n) is 11.2. The van der Waals surface area contributed by atoms with Crippen molar-refractivity contribution in [3.05, 3.63) is 35.9 Å². The molecular formula is C15H21NO2. The molecular weight excluding hydrogens is 226 g/mol. The van der Waals surface area contributed by atoms with Gasteiger partial charge in [0.05, 0.1) is 0 Å². The van der Waals surface area contributed by atoms with E-state index in [9.17, 15) is 4.79 Å². The summed E-state index contributed by atoms with van der Waals surface area (Å²) in [6, 6.07) is 7.62. The number of hydrogen-bond acceptors (Lipinski definition) is 3. The molecule has 0 spiro atoms. The van der Waals surface area contributed by atoms with E-state index in [-0.39, 0.29) is 17.8 Å². The van der Waals surface area contributed by atoms with E-state index in [4.69, 9.17) is 10.5 Å². The van der Waals surface area contributed by atoms with Gasteiger partial charge in [0.1, 0.15) is 11.9 Å². The number of rotatable bonds is 6. The number of ketones is 1. The Morgan fingerprint density at radius 3 is 2.72 bits per heavy atom. The van der Waals surface area contributed by atoms with E-state index in [1.54, 1.807) is 6.08 Å². The molecule has 1 aromatic carbocycles. The van der Waals surface area contributed by atoms with E-state index >= 15 is 0 Å². The van der Waals surface area contributed by atoms with Gasteiger partial charge in [-0.3, -0.25) is 4.79 Å². The third kappa shape index (κ3) is 4.72. The van der Waals surface area contributed by atoms with Crippen LogP contribution in [0.3, 0.4) is 0 Å². The third-order valence-corrected chi connectivity index (χ3v) is 2.54. The maximum atomic E-state index is 11.5. The summed E-state index contributed by atoms with van der Waals surface area (Å²) in [5.41, 5.74) is 6.46. The molecule has 0 saturated heterocycles. The maximum absolute atomic E-state index is 11.5. The van der Waals surface area contributed by atoms with Crippen LogP contribution in [-0.2, 0) is 4.79 Å². The fraction of sp³-hybridized carbons (Fsp3) is 0.400. The fourth-order valence-corrected chi connectivity index (χ4v) is 1.34. The molecule has 1 aromatic rings. The molecule has 0 bridgehead atoms. The van der Waals surface area contributed by atoms with Crippen LogP contribution in [-0.4, -0.2) is 18.4 Å². The normalized spacial score (nSPS) is 12.9. The number of ether oxygens (including phenoxy) is 1. The standard InChI is InChI=1S/C15H21NO2/c1-11(2)15(17)8-7-13-5-4-6-14(9-13)18-12(3)10-16/h4-9,11-12H,10,16H2,1-3H3/b8-7+/t12-/m0/s1. The molecule has 0 unspecified atom stereocenters. The monoisotopic (exact) mass is 247 g/mol. The summed E-state index contributed by atoms with van der Waals surface area (Å²) in [6.45, 7) is 6.17. The molecule has 2 N–H and O–H groups in total. The molecule has 0 amide bonds. The van der Waals surface area contributed by atoms with Crippen molar-refractivity contribution in [2.24, 2.45) is 11.7 Å². The summed E-state index contributed by atoms with van der Waals surface area (Å²) in [5.74, 6) is 0.918. The Labute approximate surface area is 109 Å². The second kappa shape index (κ2) is 6.97. The van der Waals surface area contributed by atoms with E-state index in [1.165, 1.54) is 0 Å². The number of allylic oxidation sites excluding steroid dienone is 1. The molecule has 0 fully saturated rings. The smallest absolute Gasteiger partial charge is 0.158 e. The zero-order chi connectivity index (χ0) is 13.5. The van der Waals surface area contributed by atoms with Gasteiger partial charge in [-0.2, -0.15) is 0 Å². The number of carbonyl (C=O) groups is 1. The third-order valence-electron chi connectivity index (χ3n) is 2.54. The molecule has 0 aliphatic carbocycles. The highest BCUT2D eigenvalue weighted by atomic mass is 16.5. The Kier molecular flexibility index (Phi) is 5.59. The van der Waals surface area contributed by atoms with Gasteiger partial charge in [0.2, 0.25) is 0 Å². The second-order valence-corrected chi connectivity index (χ2v) is 4.63. The van der Waals surface area contributed by atoms with Crippen LogP contribution in [0.5, 0.6) is 5.75 Å². The van der Waals surface area contributed by atoms with Crippen molar-refractivity contribution in [2.75, 3.05) is 6.54 Å². The van der Waals surface area contributed by atoms with Gasteiger partial charge in [-0.25, -0.2) is 0 Å². The van der Waals surface area contributed by atoms with E-state index in [0.717, 1.165) is 11.3 Å². The molecule has 18 heavy (non-hydrogen) atoms. The lowest BCUT2D eigenvalue weighted by atomic mass is 10.1. The Morgan fingerprint density at radius 1 is 1.39 bits per heavy atom. The average Bonchev–Trinajstić information content (AvgIpc) is 2.36. The van der Waals surface area contributed by atoms with Gasteiger partial charge < -0.3 is 10.5 Å². The molecule has 98 valence electrons. The van der Waals surface area contributed by atoms with Gasteiger partial charge in [-0.05, 0) is 30.7 Å². The average molecular weight is 247 g/mol. The molecule has 3 nitrogen and oxygen atoms in total. The van der Waals surface area contributed by atoms with Crippen molar-refractivity contribution in [3.63, 3.8) is 0 Å². The van der Waals surface area contributed by atoms with Gasteiger partial charge in [0, 0.05) is 12.5 Å². The quantitative estimate of drug-likeness (QED) is 0.786. The van der Waals surface area contributed by atoms with Crippen molar-refractivity contribution in [1.29, 1.82) is 0 Å². The summed E-state index contributed by atoms with van der Waals surface area (Å²) in [6.07, 6.45) is 3.40. The van der Waals surface area contributed by atoms with Gasteiger partial charge >= 0.3 is 0 Å². The van der Waals surface area contributed by atoms with Crippen LogP contribution in [0.4, 0.5) is 0 Å². The van der Waals surface area contributed by atoms with Crippen LogP contribution in [0.15, 0.2) is 30.3 Å². The van der Waals surface area contributed by atoms with Gasteiger partial charge in [-0.1, -0.05) is 32.1 Å². The Morgan fingerprint density at radius 2 is 2.11 bits per heavy atom. The number of benzene rings is 1. The highest BCUT2D eigenvalue weighted by molar-refractivity contribution is 5.94. The molecule has 0 aromatic heterocycles. The molecule has 0 radical (unpaired) electrons. The van der Waals surface area contributed by atoms with E-state index in [0.29, 0.717) is 6.54 Å². The number of carbonyl (C=O) groups excluding carboxylic acids is 1.